The van der Waals surface area contributed by atoms with E-state index in [9.17, 15) is 9.59 Å². The molecule has 1 heterocycles. The van der Waals surface area contributed by atoms with Crippen LogP contribution in [-0.4, -0.2) is 18.4 Å². The van der Waals surface area contributed by atoms with E-state index in [1.54, 1.807) is 4.90 Å². The van der Waals surface area contributed by atoms with Gasteiger partial charge in [0.1, 0.15) is 0 Å². The quantitative estimate of drug-likeness (QED) is 0.831. The Balaban J connectivity index is 1.64. The summed E-state index contributed by atoms with van der Waals surface area (Å²) in [5.41, 5.74) is 3.09. The molecule has 0 aromatic heterocycles. The fourth-order valence-corrected chi connectivity index (χ4v) is 3.62. The molecule has 1 atom stereocenters. The van der Waals surface area contributed by atoms with Gasteiger partial charge in [0, 0.05) is 29.7 Å². The van der Waals surface area contributed by atoms with Crippen LogP contribution >= 0.6 is 15.9 Å². The Morgan fingerprint density at radius 1 is 1.24 bits per heavy atom. The Bertz CT molecular complexity index is 791. The summed E-state index contributed by atoms with van der Waals surface area (Å²) in [7, 11) is 0. The number of benzene rings is 2. The Labute approximate surface area is 156 Å². The molecule has 1 aliphatic heterocycles. The second kappa shape index (κ2) is 7.83. The highest BCUT2D eigenvalue weighted by molar-refractivity contribution is 9.10. The summed E-state index contributed by atoms with van der Waals surface area (Å²) < 4.78 is 0.984. The molecule has 1 saturated heterocycles. The van der Waals surface area contributed by atoms with Gasteiger partial charge in [0.05, 0.1) is 5.92 Å². The van der Waals surface area contributed by atoms with Crippen molar-refractivity contribution < 1.29 is 9.59 Å². The highest BCUT2D eigenvalue weighted by Crippen LogP contribution is 2.28. The van der Waals surface area contributed by atoms with Gasteiger partial charge in [-0.3, -0.25) is 9.59 Å². The van der Waals surface area contributed by atoms with Crippen LogP contribution in [0.5, 0.6) is 0 Å². The monoisotopic (exact) mass is 400 g/mol. The van der Waals surface area contributed by atoms with Crippen molar-refractivity contribution in [3.63, 3.8) is 0 Å². The average Bonchev–Trinajstić information content (AvgIpc) is 3.01. The van der Waals surface area contributed by atoms with Gasteiger partial charge < -0.3 is 10.2 Å². The molecule has 2 aromatic rings. The number of hydrogen-bond donors (Lipinski definition) is 1. The lowest BCUT2D eigenvalue weighted by molar-refractivity contribution is -0.126. The van der Waals surface area contributed by atoms with E-state index in [1.165, 1.54) is 0 Å². The molecule has 2 amide bonds. The number of nitrogens with one attached hydrogen (secondary N) is 1. The molecular weight excluding hydrogens is 380 g/mol. The predicted molar refractivity (Wildman–Crippen MR) is 102 cm³/mol. The van der Waals surface area contributed by atoms with E-state index in [0.29, 0.717) is 13.1 Å². The van der Waals surface area contributed by atoms with E-state index in [2.05, 4.69) is 28.2 Å². The van der Waals surface area contributed by atoms with Crippen LogP contribution in [0.3, 0.4) is 0 Å². The predicted octanol–water partition coefficient (Wildman–Crippen LogP) is 3.68. The molecule has 25 heavy (non-hydrogen) atoms. The second-order valence-corrected chi connectivity index (χ2v) is 7.15. The van der Waals surface area contributed by atoms with Crippen molar-refractivity contribution in [1.29, 1.82) is 0 Å². The molecule has 130 valence electrons. The fraction of sp³-hybridized carbons (Fsp3) is 0.300. The number of nitrogens with zero attached hydrogens (tertiary/aromatic N) is 1. The van der Waals surface area contributed by atoms with Gasteiger partial charge in [-0.05, 0) is 35.7 Å². The lowest BCUT2D eigenvalue weighted by Crippen LogP contribution is -2.32. The Morgan fingerprint density at radius 2 is 2.04 bits per heavy atom. The average molecular weight is 401 g/mol. The molecule has 0 aliphatic carbocycles. The SMILES string of the molecule is CCc1ccccc1N1CC(C(=O)NCc2cccc(Br)c2)CC1=O. The summed E-state index contributed by atoms with van der Waals surface area (Å²) in [5.74, 6) is -0.349. The second-order valence-electron chi connectivity index (χ2n) is 6.24. The van der Waals surface area contributed by atoms with Crippen LogP contribution in [0.2, 0.25) is 0 Å². The van der Waals surface area contributed by atoms with Crippen LogP contribution in [0.25, 0.3) is 0 Å². The summed E-state index contributed by atoms with van der Waals surface area (Å²) in [6, 6.07) is 15.7. The number of halogens is 1. The molecule has 1 unspecified atom stereocenters. The standard InChI is InChI=1S/C20H21BrN2O2/c1-2-15-7-3-4-9-18(15)23-13-16(11-19(23)24)20(25)22-12-14-6-5-8-17(21)10-14/h3-10,16H,2,11-13H2,1H3,(H,22,25). The van der Waals surface area contributed by atoms with Crippen molar-refractivity contribution in [2.24, 2.45) is 5.92 Å². The first-order valence-corrected chi connectivity index (χ1v) is 9.28. The van der Waals surface area contributed by atoms with Crippen LogP contribution in [0.4, 0.5) is 5.69 Å². The number of carbonyl (C=O) groups excluding carboxylic acids is 2. The van der Waals surface area contributed by atoms with Gasteiger partial charge in [-0.15, -0.1) is 0 Å². The van der Waals surface area contributed by atoms with Crippen molar-refractivity contribution in [3.05, 3.63) is 64.1 Å². The van der Waals surface area contributed by atoms with E-state index >= 15 is 0 Å². The number of amides is 2. The molecule has 1 N–H and O–H groups in total. The molecule has 1 aliphatic rings. The zero-order valence-corrected chi connectivity index (χ0v) is 15.8. The molecule has 5 heteroatoms. The molecule has 0 radical (unpaired) electrons. The lowest BCUT2D eigenvalue weighted by atomic mass is 10.1. The van der Waals surface area contributed by atoms with Crippen LogP contribution in [0.15, 0.2) is 53.0 Å². The number of aryl methyl sites for hydroxylation is 1. The maximum absolute atomic E-state index is 12.5. The summed E-state index contributed by atoms with van der Waals surface area (Å²) >= 11 is 3.43. The minimum Gasteiger partial charge on any atom is -0.352 e. The van der Waals surface area contributed by atoms with Gasteiger partial charge >= 0.3 is 0 Å². The van der Waals surface area contributed by atoms with Crippen molar-refractivity contribution >= 4 is 33.4 Å². The van der Waals surface area contributed by atoms with E-state index in [0.717, 1.165) is 27.7 Å². The first kappa shape index (κ1) is 17.7. The first-order chi connectivity index (χ1) is 12.1. The van der Waals surface area contributed by atoms with E-state index < -0.39 is 0 Å². The summed E-state index contributed by atoms with van der Waals surface area (Å²) in [5, 5.41) is 2.95. The molecule has 4 nitrogen and oxygen atoms in total. The van der Waals surface area contributed by atoms with Crippen LogP contribution in [-0.2, 0) is 22.6 Å². The third-order valence-corrected chi connectivity index (χ3v) is 5.01. The smallest absolute Gasteiger partial charge is 0.227 e. The number of carbonyl (C=O) groups is 2. The van der Waals surface area contributed by atoms with Gasteiger partial charge in [0.15, 0.2) is 0 Å². The lowest BCUT2D eigenvalue weighted by Gasteiger charge is -2.20. The van der Waals surface area contributed by atoms with Gasteiger partial charge in [-0.25, -0.2) is 0 Å². The molecule has 0 spiro atoms. The largest absolute Gasteiger partial charge is 0.352 e. The van der Waals surface area contributed by atoms with E-state index in [1.807, 2.05) is 48.5 Å². The third kappa shape index (κ3) is 4.10. The third-order valence-electron chi connectivity index (χ3n) is 4.51. The summed E-state index contributed by atoms with van der Waals surface area (Å²) in [6.07, 6.45) is 1.13. The van der Waals surface area contributed by atoms with Crippen molar-refractivity contribution in [3.8, 4) is 0 Å². The summed E-state index contributed by atoms with van der Waals surface area (Å²) in [4.78, 5) is 26.6. The Hall–Kier alpha value is -2.14. The summed E-state index contributed by atoms with van der Waals surface area (Å²) in [6.45, 7) is 2.98. The number of rotatable bonds is 5. The molecule has 3 rings (SSSR count). The Kier molecular flexibility index (Phi) is 5.53. The highest BCUT2D eigenvalue weighted by Gasteiger charge is 2.35. The maximum Gasteiger partial charge on any atom is 0.227 e. The van der Waals surface area contributed by atoms with Gasteiger partial charge in [0.2, 0.25) is 11.8 Å². The van der Waals surface area contributed by atoms with Crippen molar-refractivity contribution in [2.75, 3.05) is 11.4 Å². The molecular formula is C20H21BrN2O2. The molecule has 1 fully saturated rings. The first-order valence-electron chi connectivity index (χ1n) is 8.49. The van der Waals surface area contributed by atoms with Crippen molar-refractivity contribution in [1.82, 2.24) is 5.32 Å². The van der Waals surface area contributed by atoms with Gasteiger partial charge in [-0.1, -0.05) is 53.2 Å². The fourth-order valence-electron chi connectivity index (χ4n) is 3.17. The minimum atomic E-state index is -0.301. The maximum atomic E-state index is 12.5. The highest BCUT2D eigenvalue weighted by atomic mass is 79.9. The van der Waals surface area contributed by atoms with Gasteiger partial charge in [-0.2, -0.15) is 0 Å². The molecule has 0 saturated carbocycles. The van der Waals surface area contributed by atoms with Gasteiger partial charge in [0.25, 0.3) is 0 Å². The Morgan fingerprint density at radius 3 is 2.80 bits per heavy atom. The molecule has 2 aromatic carbocycles. The van der Waals surface area contributed by atoms with Crippen LogP contribution in [0, 0.1) is 5.92 Å². The van der Waals surface area contributed by atoms with E-state index in [4.69, 9.17) is 0 Å². The molecule has 0 bridgehead atoms. The minimum absolute atomic E-state index is 0.0171. The zero-order valence-electron chi connectivity index (χ0n) is 14.2. The van der Waals surface area contributed by atoms with E-state index in [-0.39, 0.29) is 24.2 Å². The number of para-hydroxylation sites is 1. The number of anilines is 1. The normalized spacial score (nSPS) is 17.0. The zero-order chi connectivity index (χ0) is 17.8. The van der Waals surface area contributed by atoms with Crippen LogP contribution < -0.4 is 10.2 Å². The van der Waals surface area contributed by atoms with Crippen molar-refractivity contribution in [2.45, 2.75) is 26.3 Å². The topological polar surface area (TPSA) is 49.4 Å². The number of hydrogen-bond acceptors (Lipinski definition) is 2. The van der Waals surface area contributed by atoms with Crippen LogP contribution in [0.1, 0.15) is 24.5 Å².